The standard InChI is InChI=1S/C22H31N3O2S2/c1-16-5-4-6-17(2)25(16)22(28)29-15-21(27)24-13-11-23(12-14-24)20-9-7-19(8-10-20)18(3)26/h7-10,16-17H,4-6,11-15H2,1-3H3/t16-,17+. The first kappa shape index (κ1) is 22.1. The molecule has 0 aliphatic carbocycles. The van der Waals surface area contributed by atoms with E-state index in [9.17, 15) is 9.59 Å². The molecule has 2 aliphatic rings. The van der Waals surface area contributed by atoms with E-state index in [-0.39, 0.29) is 11.7 Å². The number of amides is 1. The van der Waals surface area contributed by atoms with Gasteiger partial charge >= 0.3 is 0 Å². The van der Waals surface area contributed by atoms with Gasteiger partial charge in [-0.3, -0.25) is 9.59 Å². The second-order valence-corrected chi connectivity index (χ2v) is 9.67. The molecule has 1 aromatic carbocycles. The number of nitrogens with zero attached hydrogens (tertiary/aromatic N) is 3. The average molecular weight is 434 g/mol. The Balaban J connectivity index is 1.46. The number of piperazine rings is 1. The van der Waals surface area contributed by atoms with Crippen LogP contribution in [0.4, 0.5) is 5.69 Å². The van der Waals surface area contributed by atoms with E-state index in [4.69, 9.17) is 12.2 Å². The molecule has 2 fully saturated rings. The quantitative estimate of drug-likeness (QED) is 0.531. The van der Waals surface area contributed by atoms with Crippen LogP contribution in [0.5, 0.6) is 0 Å². The van der Waals surface area contributed by atoms with Crippen molar-refractivity contribution in [3.05, 3.63) is 29.8 Å². The van der Waals surface area contributed by atoms with Crippen molar-refractivity contribution in [1.82, 2.24) is 9.80 Å². The third-order valence-electron chi connectivity index (χ3n) is 5.99. The van der Waals surface area contributed by atoms with Crippen LogP contribution in [0.15, 0.2) is 24.3 Å². The molecule has 1 amide bonds. The first-order valence-electron chi connectivity index (χ1n) is 10.5. The Morgan fingerprint density at radius 2 is 1.62 bits per heavy atom. The number of rotatable bonds is 4. The lowest BCUT2D eigenvalue weighted by atomic mass is 9.99. The molecule has 7 heteroatoms. The number of thiocarbonyl (C=S) groups is 1. The number of likely N-dealkylation sites (tertiary alicyclic amines) is 1. The van der Waals surface area contributed by atoms with Gasteiger partial charge in [-0.25, -0.2) is 0 Å². The zero-order valence-corrected chi connectivity index (χ0v) is 19.2. The summed E-state index contributed by atoms with van der Waals surface area (Å²) < 4.78 is 0.863. The zero-order chi connectivity index (χ0) is 21.0. The number of anilines is 1. The molecule has 2 saturated heterocycles. The van der Waals surface area contributed by atoms with E-state index in [0.29, 0.717) is 17.8 Å². The number of hydrogen-bond donors (Lipinski definition) is 0. The Bertz CT molecular complexity index is 735. The van der Waals surface area contributed by atoms with Gasteiger partial charge in [0.2, 0.25) is 5.91 Å². The van der Waals surface area contributed by atoms with E-state index in [1.807, 2.05) is 29.2 Å². The van der Waals surface area contributed by atoms with Crippen molar-refractivity contribution in [2.45, 2.75) is 52.1 Å². The van der Waals surface area contributed by atoms with Gasteiger partial charge in [-0.05, 0) is 64.3 Å². The lowest BCUT2D eigenvalue weighted by Crippen LogP contribution is -2.50. The fourth-order valence-corrected chi connectivity index (χ4v) is 5.67. The van der Waals surface area contributed by atoms with Crippen LogP contribution >= 0.6 is 24.0 Å². The molecule has 0 spiro atoms. The van der Waals surface area contributed by atoms with Crippen molar-refractivity contribution in [2.24, 2.45) is 0 Å². The number of carbonyl (C=O) groups excluding carboxylic acids is 2. The number of hydrogen-bond acceptors (Lipinski definition) is 5. The van der Waals surface area contributed by atoms with Crippen molar-refractivity contribution >= 4 is 45.7 Å². The number of Topliss-reactive ketones (excluding diaryl/α,β-unsaturated/α-hetero) is 1. The summed E-state index contributed by atoms with van der Waals surface area (Å²) in [6, 6.07) is 8.65. The highest BCUT2D eigenvalue weighted by Crippen LogP contribution is 2.27. The first-order valence-corrected chi connectivity index (χ1v) is 11.8. The topological polar surface area (TPSA) is 43.9 Å². The maximum absolute atomic E-state index is 12.7. The van der Waals surface area contributed by atoms with Crippen LogP contribution in [-0.4, -0.2) is 69.8 Å². The number of carbonyl (C=O) groups is 2. The number of benzene rings is 1. The highest BCUT2D eigenvalue weighted by Gasteiger charge is 2.28. The van der Waals surface area contributed by atoms with E-state index in [1.165, 1.54) is 31.0 Å². The molecule has 1 aromatic rings. The van der Waals surface area contributed by atoms with E-state index >= 15 is 0 Å². The molecule has 0 N–H and O–H groups in total. The minimum absolute atomic E-state index is 0.0794. The molecule has 5 nitrogen and oxygen atoms in total. The molecular formula is C22H31N3O2S2. The monoisotopic (exact) mass is 433 g/mol. The van der Waals surface area contributed by atoms with E-state index in [1.54, 1.807) is 6.92 Å². The summed E-state index contributed by atoms with van der Waals surface area (Å²) in [5, 5.41) is 0. The van der Waals surface area contributed by atoms with Crippen molar-refractivity contribution in [1.29, 1.82) is 0 Å². The van der Waals surface area contributed by atoms with Crippen LogP contribution in [0.2, 0.25) is 0 Å². The molecule has 0 bridgehead atoms. The molecule has 0 unspecified atom stereocenters. The van der Waals surface area contributed by atoms with Crippen LogP contribution in [0.1, 0.15) is 50.4 Å². The predicted octanol–water partition coefficient (Wildman–Crippen LogP) is 3.82. The van der Waals surface area contributed by atoms with Crippen LogP contribution < -0.4 is 4.90 Å². The van der Waals surface area contributed by atoms with Crippen molar-refractivity contribution in [2.75, 3.05) is 36.8 Å². The lowest BCUT2D eigenvalue weighted by Gasteiger charge is -2.40. The molecule has 2 heterocycles. The third kappa shape index (κ3) is 5.51. The van der Waals surface area contributed by atoms with Gasteiger partial charge in [-0.15, -0.1) is 0 Å². The summed E-state index contributed by atoms with van der Waals surface area (Å²) in [7, 11) is 0. The predicted molar refractivity (Wildman–Crippen MR) is 125 cm³/mol. The number of ketones is 1. The summed E-state index contributed by atoms with van der Waals surface area (Å²) in [5.41, 5.74) is 1.83. The van der Waals surface area contributed by atoms with E-state index < -0.39 is 0 Å². The summed E-state index contributed by atoms with van der Waals surface area (Å²) >= 11 is 7.16. The van der Waals surface area contributed by atoms with Crippen LogP contribution in [-0.2, 0) is 4.79 Å². The van der Waals surface area contributed by atoms with Gasteiger partial charge < -0.3 is 14.7 Å². The second-order valence-electron chi connectivity index (χ2n) is 8.06. The van der Waals surface area contributed by atoms with Crippen molar-refractivity contribution in [3.8, 4) is 0 Å². The Morgan fingerprint density at radius 3 is 2.17 bits per heavy atom. The maximum atomic E-state index is 12.7. The summed E-state index contributed by atoms with van der Waals surface area (Å²) in [6.07, 6.45) is 3.61. The van der Waals surface area contributed by atoms with E-state index in [0.717, 1.165) is 41.8 Å². The van der Waals surface area contributed by atoms with Crippen LogP contribution in [0.3, 0.4) is 0 Å². The van der Waals surface area contributed by atoms with Gasteiger partial charge in [0.05, 0.1) is 5.75 Å². The van der Waals surface area contributed by atoms with Gasteiger partial charge in [-0.2, -0.15) is 0 Å². The lowest BCUT2D eigenvalue weighted by molar-refractivity contribution is -0.128. The number of thioether (sulfide) groups is 1. The summed E-state index contributed by atoms with van der Waals surface area (Å²) in [4.78, 5) is 30.6. The molecule has 29 heavy (non-hydrogen) atoms. The Morgan fingerprint density at radius 1 is 1.03 bits per heavy atom. The highest BCUT2D eigenvalue weighted by molar-refractivity contribution is 8.23. The third-order valence-corrected chi connectivity index (χ3v) is 7.41. The molecule has 0 saturated carbocycles. The number of piperidine rings is 1. The van der Waals surface area contributed by atoms with Gasteiger partial charge in [0.15, 0.2) is 5.78 Å². The summed E-state index contributed by atoms with van der Waals surface area (Å²) in [5.74, 6) is 0.666. The fraction of sp³-hybridized carbons (Fsp3) is 0.591. The largest absolute Gasteiger partial charge is 0.368 e. The Labute approximate surface area is 183 Å². The molecule has 2 aliphatic heterocycles. The molecule has 0 aromatic heterocycles. The normalized spacial score (nSPS) is 22.5. The molecule has 0 radical (unpaired) electrons. The van der Waals surface area contributed by atoms with E-state index in [2.05, 4.69) is 23.6 Å². The van der Waals surface area contributed by atoms with Crippen molar-refractivity contribution in [3.63, 3.8) is 0 Å². The second kappa shape index (κ2) is 9.94. The van der Waals surface area contributed by atoms with Gasteiger partial charge in [-0.1, -0.05) is 24.0 Å². The minimum Gasteiger partial charge on any atom is -0.368 e. The Hall–Kier alpha value is -1.60. The average Bonchev–Trinajstić information content (AvgIpc) is 2.72. The maximum Gasteiger partial charge on any atom is 0.233 e. The first-order chi connectivity index (χ1) is 13.9. The molecule has 3 rings (SSSR count). The molecular weight excluding hydrogens is 402 g/mol. The van der Waals surface area contributed by atoms with Crippen LogP contribution in [0, 0.1) is 0 Å². The highest BCUT2D eigenvalue weighted by atomic mass is 32.2. The summed E-state index contributed by atoms with van der Waals surface area (Å²) in [6.45, 7) is 9.09. The minimum atomic E-state index is 0.0794. The van der Waals surface area contributed by atoms with Gasteiger partial charge in [0.1, 0.15) is 4.32 Å². The zero-order valence-electron chi connectivity index (χ0n) is 17.6. The fourth-order valence-electron chi connectivity index (χ4n) is 4.19. The Kier molecular flexibility index (Phi) is 7.57. The van der Waals surface area contributed by atoms with Gasteiger partial charge in [0.25, 0.3) is 0 Å². The molecule has 2 atom stereocenters. The van der Waals surface area contributed by atoms with Gasteiger partial charge in [0, 0.05) is 49.5 Å². The SMILES string of the molecule is CC(=O)c1ccc(N2CCN(C(=O)CSC(=S)N3[C@H](C)CCC[C@@H]3C)CC2)cc1. The van der Waals surface area contributed by atoms with Crippen molar-refractivity contribution < 1.29 is 9.59 Å². The molecule has 158 valence electrons. The van der Waals surface area contributed by atoms with Crippen LogP contribution in [0.25, 0.3) is 0 Å². The smallest absolute Gasteiger partial charge is 0.233 e.